The number of hydrogen-bond acceptors (Lipinski definition) is 4. The van der Waals surface area contributed by atoms with Crippen LogP contribution in [0, 0.1) is 5.92 Å². The number of nitrogens with zero attached hydrogens (tertiary/aromatic N) is 1. The Balaban J connectivity index is 1.43. The van der Waals surface area contributed by atoms with Crippen LogP contribution in [0.2, 0.25) is 0 Å². The minimum atomic E-state index is -0.688. The van der Waals surface area contributed by atoms with Gasteiger partial charge in [0.15, 0.2) is 0 Å². The lowest BCUT2D eigenvalue weighted by Crippen LogP contribution is -2.40. The van der Waals surface area contributed by atoms with Crippen LogP contribution in [0.3, 0.4) is 0 Å². The van der Waals surface area contributed by atoms with Crippen molar-refractivity contribution in [2.45, 2.75) is 25.4 Å². The van der Waals surface area contributed by atoms with Gasteiger partial charge in [-0.2, -0.15) is 0 Å². The van der Waals surface area contributed by atoms with E-state index in [2.05, 4.69) is 17.0 Å². The number of carboxylic acid groups (broad SMARTS) is 1. The first-order chi connectivity index (χ1) is 13.2. The van der Waals surface area contributed by atoms with Gasteiger partial charge in [0, 0.05) is 25.1 Å². The van der Waals surface area contributed by atoms with Crippen molar-refractivity contribution < 1.29 is 19.4 Å². The number of likely N-dealkylation sites (tertiary alicyclic amines) is 1. The van der Waals surface area contributed by atoms with Crippen molar-refractivity contribution >= 4 is 5.97 Å². The largest absolute Gasteiger partial charge is 0.481 e. The van der Waals surface area contributed by atoms with Gasteiger partial charge in [-0.15, -0.1) is 0 Å². The molecular formula is C22H25NO4. The molecule has 27 heavy (non-hydrogen) atoms. The lowest BCUT2D eigenvalue weighted by Gasteiger charge is -2.31. The third-order valence-electron chi connectivity index (χ3n) is 5.45. The number of para-hydroxylation sites is 2. The van der Waals surface area contributed by atoms with Crippen LogP contribution in [0.5, 0.6) is 11.5 Å². The predicted octanol–water partition coefficient (Wildman–Crippen LogP) is 3.89. The Morgan fingerprint density at radius 2 is 1.93 bits per heavy atom. The summed E-state index contributed by atoms with van der Waals surface area (Å²) in [5, 5.41) is 9.25. The van der Waals surface area contributed by atoms with Crippen LogP contribution >= 0.6 is 0 Å². The molecule has 2 aromatic rings. The quantitative estimate of drug-likeness (QED) is 0.869. The Morgan fingerprint density at radius 1 is 1.15 bits per heavy atom. The highest BCUT2D eigenvalue weighted by Crippen LogP contribution is 2.39. The summed E-state index contributed by atoms with van der Waals surface area (Å²) in [7, 11) is 0. The molecule has 1 saturated heterocycles. The minimum absolute atomic E-state index is 0.0649. The standard InChI is InChI=1S/C22H25NO4/c24-22(25)17-7-5-11-23(15-17)12-13-26-21-14-16-6-1-3-9-19(16)27-20-10-4-2-8-18(20)21/h1-4,6,8-10,17,21H,5,7,11-15H2,(H,24,25)/t17?,21-/m1/s1. The molecule has 0 spiro atoms. The number of carbonyl (C=O) groups is 1. The number of aliphatic carboxylic acids is 1. The molecule has 0 radical (unpaired) electrons. The first-order valence-corrected chi connectivity index (χ1v) is 9.62. The Bertz CT molecular complexity index is 806. The predicted molar refractivity (Wildman–Crippen MR) is 102 cm³/mol. The molecule has 142 valence electrons. The van der Waals surface area contributed by atoms with Crippen molar-refractivity contribution in [1.82, 2.24) is 4.90 Å². The fraction of sp³-hybridized carbons (Fsp3) is 0.409. The highest BCUT2D eigenvalue weighted by Gasteiger charge is 2.26. The summed E-state index contributed by atoms with van der Waals surface area (Å²) >= 11 is 0. The molecule has 0 amide bonds. The Hall–Kier alpha value is -2.37. The molecule has 1 fully saturated rings. The van der Waals surface area contributed by atoms with Crippen molar-refractivity contribution in [2.24, 2.45) is 5.92 Å². The number of ether oxygens (including phenoxy) is 2. The van der Waals surface area contributed by atoms with Gasteiger partial charge < -0.3 is 19.5 Å². The van der Waals surface area contributed by atoms with Gasteiger partial charge in [0.2, 0.25) is 0 Å². The van der Waals surface area contributed by atoms with Gasteiger partial charge in [-0.3, -0.25) is 4.79 Å². The van der Waals surface area contributed by atoms with Crippen molar-refractivity contribution in [3.63, 3.8) is 0 Å². The van der Waals surface area contributed by atoms with Crippen molar-refractivity contribution in [2.75, 3.05) is 26.2 Å². The van der Waals surface area contributed by atoms with E-state index in [0.717, 1.165) is 55.0 Å². The van der Waals surface area contributed by atoms with Crippen LogP contribution < -0.4 is 4.74 Å². The van der Waals surface area contributed by atoms with Crippen molar-refractivity contribution in [3.8, 4) is 11.5 Å². The molecule has 5 nitrogen and oxygen atoms in total. The number of rotatable bonds is 5. The Kier molecular flexibility index (Phi) is 5.41. The summed E-state index contributed by atoms with van der Waals surface area (Å²) in [5.41, 5.74) is 2.21. The fourth-order valence-corrected chi connectivity index (χ4v) is 3.97. The second-order valence-electron chi connectivity index (χ2n) is 7.29. The molecule has 0 bridgehead atoms. The molecule has 2 aliphatic heterocycles. The molecule has 0 saturated carbocycles. The maximum Gasteiger partial charge on any atom is 0.307 e. The third-order valence-corrected chi connectivity index (χ3v) is 5.45. The van der Waals surface area contributed by atoms with E-state index in [4.69, 9.17) is 9.47 Å². The second-order valence-corrected chi connectivity index (χ2v) is 7.29. The molecular weight excluding hydrogens is 342 g/mol. The molecule has 2 aromatic carbocycles. The van der Waals surface area contributed by atoms with Crippen LogP contribution in [0.4, 0.5) is 0 Å². The van der Waals surface area contributed by atoms with Gasteiger partial charge in [0.1, 0.15) is 11.5 Å². The minimum Gasteiger partial charge on any atom is -0.481 e. The zero-order valence-electron chi connectivity index (χ0n) is 15.3. The van der Waals surface area contributed by atoms with E-state index in [1.54, 1.807) is 0 Å². The van der Waals surface area contributed by atoms with Crippen molar-refractivity contribution in [1.29, 1.82) is 0 Å². The zero-order valence-corrected chi connectivity index (χ0v) is 15.3. The molecule has 1 N–H and O–H groups in total. The zero-order chi connectivity index (χ0) is 18.6. The number of carboxylic acids is 1. The van der Waals surface area contributed by atoms with Crippen LogP contribution in [0.25, 0.3) is 0 Å². The molecule has 2 aliphatic rings. The molecule has 5 heteroatoms. The summed E-state index contributed by atoms with van der Waals surface area (Å²) in [6.07, 6.45) is 2.41. The fourth-order valence-electron chi connectivity index (χ4n) is 3.97. The Labute approximate surface area is 159 Å². The van der Waals surface area contributed by atoms with E-state index in [0.29, 0.717) is 13.2 Å². The van der Waals surface area contributed by atoms with Gasteiger partial charge >= 0.3 is 5.97 Å². The lowest BCUT2D eigenvalue weighted by molar-refractivity contribution is -0.143. The Morgan fingerprint density at radius 3 is 2.78 bits per heavy atom. The topological polar surface area (TPSA) is 59.0 Å². The van der Waals surface area contributed by atoms with Crippen LogP contribution in [-0.4, -0.2) is 42.2 Å². The summed E-state index contributed by atoms with van der Waals surface area (Å²) < 4.78 is 12.4. The number of benzene rings is 2. The monoisotopic (exact) mass is 367 g/mol. The summed E-state index contributed by atoms with van der Waals surface area (Å²) in [6, 6.07) is 16.1. The van der Waals surface area contributed by atoms with E-state index < -0.39 is 5.97 Å². The SMILES string of the molecule is O=C(O)C1CCCN(CCO[C@@H]2Cc3ccccc3Oc3ccccc32)C1. The van der Waals surface area contributed by atoms with Gasteiger partial charge in [0.25, 0.3) is 0 Å². The van der Waals surface area contributed by atoms with E-state index in [9.17, 15) is 9.90 Å². The molecule has 4 rings (SSSR count). The van der Waals surface area contributed by atoms with Gasteiger partial charge in [-0.25, -0.2) is 0 Å². The average molecular weight is 367 g/mol. The highest BCUT2D eigenvalue weighted by atomic mass is 16.5. The number of fused-ring (bicyclic) bond motifs is 2. The summed E-state index contributed by atoms with van der Waals surface area (Å²) in [4.78, 5) is 13.4. The molecule has 1 unspecified atom stereocenters. The van der Waals surface area contributed by atoms with Gasteiger partial charge in [-0.1, -0.05) is 36.4 Å². The summed E-state index contributed by atoms with van der Waals surface area (Å²) in [6.45, 7) is 2.89. The molecule has 2 heterocycles. The molecule has 0 aliphatic carbocycles. The van der Waals surface area contributed by atoms with E-state index in [-0.39, 0.29) is 12.0 Å². The number of piperidine rings is 1. The van der Waals surface area contributed by atoms with E-state index in [1.165, 1.54) is 0 Å². The maximum atomic E-state index is 11.2. The highest BCUT2D eigenvalue weighted by molar-refractivity contribution is 5.70. The smallest absolute Gasteiger partial charge is 0.307 e. The average Bonchev–Trinajstić information content (AvgIpc) is 2.85. The van der Waals surface area contributed by atoms with Crippen LogP contribution in [0.15, 0.2) is 48.5 Å². The van der Waals surface area contributed by atoms with Gasteiger partial charge in [-0.05, 0) is 37.1 Å². The van der Waals surface area contributed by atoms with Gasteiger partial charge in [0.05, 0.1) is 18.6 Å². The summed E-state index contributed by atoms with van der Waals surface area (Å²) in [5.74, 6) is 0.789. The number of hydrogen-bond donors (Lipinski definition) is 1. The normalized spacial score (nSPS) is 22.2. The lowest BCUT2D eigenvalue weighted by atomic mass is 9.98. The third kappa shape index (κ3) is 4.15. The van der Waals surface area contributed by atoms with Crippen LogP contribution in [0.1, 0.15) is 30.1 Å². The van der Waals surface area contributed by atoms with E-state index in [1.807, 2.05) is 36.4 Å². The first-order valence-electron chi connectivity index (χ1n) is 9.62. The second kappa shape index (κ2) is 8.11. The first kappa shape index (κ1) is 18.0. The maximum absolute atomic E-state index is 11.2. The molecule has 0 aromatic heterocycles. The van der Waals surface area contributed by atoms with Crippen LogP contribution in [-0.2, 0) is 16.0 Å². The van der Waals surface area contributed by atoms with Crippen molar-refractivity contribution in [3.05, 3.63) is 59.7 Å². The van der Waals surface area contributed by atoms with E-state index >= 15 is 0 Å². The molecule has 2 atom stereocenters.